The summed E-state index contributed by atoms with van der Waals surface area (Å²) in [5.41, 5.74) is 1.00. The topological polar surface area (TPSA) is 60.1 Å². The number of rotatable bonds is 3. The first-order valence-electron chi connectivity index (χ1n) is 7.06. The van der Waals surface area contributed by atoms with Crippen LogP contribution in [0.2, 0.25) is 0 Å². The minimum Gasteiger partial charge on any atom is -0.334 e. The lowest BCUT2D eigenvalue weighted by molar-refractivity contribution is -0.135. The number of amides is 1. The predicted molar refractivity (Wildman–Crippen MR) is 80.2 cm³/mol. The zero-order valence-corrected chi connectivity index (χ0v) is 13.0. The molecule has 2 aromatic rings. The lowest BCUT2D eigenvalue weighted by Crippen LogP contribution is -2.42. The van der Waals surface area contributed by atoms with Gasteiger partial charge in [0.05, 0.1) is 6.04 Å². The molecule has 0 unspecified atom stereocenters. The van der Waals surface area contributed by atoms with Crippen molar-refractivity contribution in [3.05, 3.63) is 38.7 Å². The Bertz CT molecular complexity index is 715. The second kappa shape index (κ2) is 5.48. The summed E-state index contributed by atoms with van der Waals surface area (Å²) in [5.74, 6) is -0.0421. The third-order valence-corrected chi connectivity index (χ3v) is 4.97. The van der Waals surface area contributed by atoms with Gasteiger partial charge in [0.2, 0.25) is 5.91 Å². The highest BCUT2D eigenvalue weighted by Gasteiger charge is 2.30. The van der Waals surface area contributed by atoms with Gasteiger partial charge in [0, 0.05) is 18.5 Å². The van der Waals surface area contributed by atoms with Crippen molar-refractivity contribution in [3.63, 3.8) is 0 Å². The Hall–Kier alpha value is -1.89. The van der Waals surface area contributed by atoms with E-state index in [0.29, 0.717) is 6.54 Å². The molecule has 112 valence electrons. The van der Waals surface area contributed by atoms with E-state index < -0.39 is 0 Å². The molecule has 0 aliphatic carbocycles. The number of fused-ring (bicyclic) bond motifs is 1. The predicted octanol–water partition coefficient (Wildman–Crippen LogP) is 1.18. The smallest absolute Gasteiger partial charge is 0.334 e. The number of aromatic nitrogens is 3. The summed E-state index contributed by atoms with van der Waals surface area (Å²) in [6.07, 6.45) is 3.21. The highest BCUT2D eigenvalue weighted by molar-refractivity contribution is 7.10. The summed E-state index contributed by atoms with van der Waals surface area (Å²) >= 11 is 1.76. The molecular weight excluding hydrogens is 288 g/mol. The van der Waals surface area contributed by atoms with Gasteiger partial charge < -0.3 is 4.90 Å². The van der Waals surface area contributed by atoms with Crippen molar-refractivity contribution >= 4 is 17.2 Å². The second-order valence-corrected chi connectivity index (χ2v) is 6.24. The Morgan fingerprint density at radius 2 is 2.33 bits per heavy atom. The Balaban J connectivity index is 1.82. The molecule has 0 saturated carbocycles. The van der Waals surface area contributed by atoms with Crippen LogP contribution >= 0.6 is 11.3 Å². The van der Waals surface area contributed by atoms with Crippen molar-refractivity contribution in [1.29, 1.82) is 0 Å². The summed E-state index contributed by atoms with van der Waals surface area (Å²) in [6.45, 7) is 2.81. The van der Waals surface area contributed by atoms with Crippen LogP contribution in [0.4, 0.5) is 0 Å². The van der Waals surface area contributed by atoms with Crippen LogP contribution in [-0.2, 0) is 24.8 Å². The third kappa shape index (κ3) is 2.42. The van der Waals surface area contributed by atoms with E-state index in [0.717, 1.165) is 12.8 Å². The van der Waals surface area contributed by atoms with Crippen LogP contribution in [-0.4, -0.2) is 31.7 Å². The van der Waals surface area contributed by atoms with E-state index in [1.807, 2.05) is 4.90 Å². The highest BCUT2D eigenvalue weighted by Crippen LogP contribution is 2.35. The van der Waals surface area contributed by atoms with Crippen LogP contribution in [0.15, 0.2) is 22.6 Å². The normalized spacial score (nSPS) is 17.8. The number of thiophene rings is 1. The van der Waals surface area contributed by atoms with E-state index in [4.69, 9.17) is 0 Å². The number of hydrogen-bond acceptors (Lipinski definition) is 4. The van der Waals surface area contributed by atoms with E-state index in [1.54, 1.807) is 18.4 Å². The Morgan fingerprint density at radius 3 is 3.00 bits per heavy atom. The first kappa shape index (κ1) is 14.1. The van der Waals surface area contributed by atoms with Gasteiger partial charge in [0.25, 0.3) is 0 Å². The number of nitrogens with zero attached hydrogens (tertiary/aromatic N) is 4. The highest BCUT2D eigenvalue weighted by atomic mass is 32.1. The molecule has 2 aromatic heterocycles. The van der Waals surface area contributed by atoms with Gasteiger partial charge in [-0.05, 0) is 29.9 Å². The van der Waals surface area contributed by atoms with Gasteiger partial charge in [-0.2, -0.15) is 5.10 Å². The lowest BCUT2D eigenvalue weighted by atomic mass is 9.98. The quantitative estimate of drug-likeness (QED) is 0.855. The zero-order chi connectivity index (χ0) is 15.0. The molecule has 1 atom stereocenters. The first-order chi connectivity index (χ1) is 10.1. The Labute approximate surface area is 126 Å². The SMILES string of the molecule is CC[C@@H]1c2ccsc2CCN1C(=O)Cn1ncn(C)c1=O. The molecular formula is C14H18N4O2S. The monoisotopic (exact) mass is 306 g/mol. The fraction of sp³-hybridized carbons (Fsp3) is 0.500. The number of carbonyl (C=O) groups is 1. The van der Waals surface area contributed by atoms with Crippen molar-refractivity contribution in [2.24, 2.45) is 7.05 Å². The molecule has 1 aliphatic heterocycles. The summed E-state index contributed by atoms with van der Waals surface area (Å²) in [5, 5.41) is 6.04. The molecule has 0 bridgehead atoms. The van der Waals surface area contributed by atoms with Gasteiger partial charge >= 0.3 is 5.69 Å². The van der Waals surface area contributed by atoms with E-state index >= 15 is 0 Å². The van der Waals surface area contributed by atoms with Crippen molar-refractivity contribution in [2.75, 3.05) is 6.54 Å². The number of aryl methyl sites for hydroxylation is 1. The van der Waals surface area contributed by atoms with E-state index in [2.05, 4.69) is 23.5 Å². The molecule has 3 heterocycles. The summed E-state index contributed by atoms with van der Waals surface area (Å²) in [7, 11) is 1.63. The van der Waals surface area contributed by atoms with Crippen LogP contribution in [0.5, 0.6) is 0 Å². The van der Waals surface area contributed by atoms with Gasteiger partial charge in [-0.3, -0.25) is 9.36 Å². The molecule has 7 heteroatoms. The maximum Gasteiger partial charge on any atom is 0.345 e. The molecule has 1 aliphatic rings. The molecule has 0 fully saturated rings. The van der Waals surface area contributed by atoms with Crippen LogP contribution in [0, 0.1) is 0 Å². The largest absolute Gasteiger partial charge is 0.345 e. The summed E-state index contributed by atoms with van der Waals surface area (Å²) in [6, 6.07) is 2.23. The van der Waals surface area contributed by atoms with Gasteiger partial charge in [-0.25, -0.2) is 9.48 Å². The maximum absolute atomic E-state index is 12.6. The fourth-order valence-corrected chi connectivity index (χ4v) is 3.81. The average molecular weight is 306 g/mol. The molecule has 0 aromatic carbocycles. The summed E-state index contributed by atoms with van der Waals surface area (Å²) in [4.78, 5) is 27.6. The molecule has 0 radical (unpaired) electrons. The lowest BCUT2D eigenvalue weighted by Gasteiger charge is -2.35. The molecule has 0 spiro atoms. The second-order valence-electron chi connectivity index (χ2n) is 5.24. The van der Waals surface area contributed by atoms with E-state index in [-0.39, 0.29) is 24.2 Å². The third-order valence-electron chi connectivity index (χ3n) is 3.97. The summed E-state index contributed by atoms with van der Waals surface area (Å²) < 4.78 is 2.59. The molecule has 0 saturated heterocycles. The number of hydrogen-bond donors (Lipinski definition) is 0. The van der Waals surface area contributed by atoms with Crippen LogP contribution in [0.3, 0.4) is 0 Å². The van der Waals surface area contributed by atoms with Gasteiger partial charge in [-0.15, -0.1) is 11.3 Å². The number of carbonyl (C=O) groups excluding carboxylic acids is 1. The standard InChI is InChI=1S/C14H18N4O2S/c1-3-11-10-5-7-21-12(10)4-6-17(11)13(19)8-18-14(20)16(2)9-15-18/h5,7,9,11H,3-4,6,8H2,1-2H3/t11-/m1/s1. The molecule has 1 amide bonds. The van der Waals surface area contributed by atoms with Gasteiger partial charge in [0.1, 0.15) is 12.9 Å². The van der Waals surface area contributed by atoms with E-state index in [9.17, 15) is 9.59 Å². The molecule has 3 rings (SSSR count). The van der Waals surface area contributed by atoms with Crippen molar-refractivity contribution in [2.45, 2.75) is 32.4 Å². The molecule has 21 heavy (non-hydrogen) atoms. The first-order valence-corrected chi connectivity index (χ1v) is 7.94. The van der Waals surface area contributed by atoms with Crippen LogP contribution < -0.4 is 5.69 Å². The van der Waals surface area contributed by atoms with Crippen molar-refractivity contribution < 1.29 is 4.79 Å². The van der Waals surface area contributed by atoms with Gasteiger partial charge in [-0.1, -0.05) is 6.92 Å². The van der Waals surface area contributed by atoms with E-state index in [1.165, 1.54) is 26.0 Å². The molecule has 0 N–H and O–H groups in total. The van der Waals surface area contributed by atoms with Crippen LogP contribution in [0.1, 0.15) is 29.8 Å². The van der Waals surface area contributed by atoms with Crippen molar-refractivity contribution in [3.8, 4) is 0 Å². The average Bonchev–Trinajstić information content (AvgIpc) is 3.07. The zero-order valence-electron chi connectivity index (χ0n) is 12.2. The van der Waals surface area contributed by atoms with Crippen molar-refractivity contribution in [1.82, 2.24) is 19.2 Å². The molecule has 6 nitrogen and oxygen atoms in total. The Kier molecular flexibility index (Phi) is 3.67. The fourth-order valence-electron chi connectivity index (χ4n) is 2.88. The Morgan fingerprint density at radius 1 is 1.52 bits per heavy atom. The van der Waals surface area contributed by atoms with Crippen LogP contribution in [0.25, 0.3) is 0 Å². The minimum absolute atomic E-state index is 0.00957. The van der Waals surface area contributed by atoms with Gasteiger partial charge in [0.15, 0.2) is 0 Å². The maximum atomic E-state index is 12.6. The minimum atomic E-state index is -0.260.